The fourth-order valence-corrected chi connectivity index (χ4v) is 2.91. The molecule has 1 unspecified atom stereocenters. The number of aryl methyl sites for hydroxylation is 1. The van der Waals surface area contributed by atoms with Crippen LogP contribution in [0, 0.1) is 18.3 Å². The monoisotopic (exact) mass is 313 g/mol. The van der Waals surface area contributed by atoms with Gasteiger partial charge in [0, 0.05) is 24.5 Å². The Kier molecular flexibility index (Phi) is 5.64. The van der Waals surface area contributed by atoms with Crippen LogP contribution in [0.15, 0.2) is 30.0 Å². The molecular weight excluding hydrogens is 290 g/mol. The maximum Gasteiger partial charge on any atom is 0.267 e. The normalized spacial score (nSPS) is 18.4. The maximum absolute atomic E-state index is 12.4. The van der Waals surface area contributed by atoms with Crippen molar-refractivity contribution in [3.05, 3.63) is 35.5 Å². The average Bonchev–Trinajstić information content (AvgIpc) is 2.55. The van der Waals surface area contributed by atoms with Crippen LogP contribution < -0.4 is 5.32 Å². The van der Waals surface area contributed by atoms with E-state index in [9.17, 15) is 15.2 Å². The van der Waals surface area contributed by atoms with Crippen molar-refractivity contribution < 1.29 is 9.90 Å². The van der Waals surface area contributed by atoms with E-state index in [0.29, 0.717) is 11.7 Å². The van der Waals surface area contributed by atoms with Gasteiger partial charge in [0.1, 0.15) is 17.4 Å². The van der Waals surface area contributed by atoms with E-state index in [0.717, 1.165) is 31.4 Å². The molecule has 1 aliphatic rings. The van der Waals surface area contributed by atoms with Crippen molar-refractivity contribution in [3.63, 3.8) is 0 Å². The fourth-order valence-electron chi connectivity index (χ4n) is 2.91. The zero-order valence-electron chi connectivity index (χ0n) is 13.7. The summed E-state index contributed by atoms with van der Waals surface area (Å²) in [4.78, 5) is 14.5. The number of rotatable bonds is 4. The Morgan fingerprint density at radius 3 is 2.96 bits per heavy atom. The fraction of sp³-hybridized carbons (Fsp3) is 0.444. The second kappa shape index (κ2) is 7.68. The highest BCUT2D eigenvalue weighted by molar-refractivity contribution is 6.06. The van der Waals surface area contributed by atoms with Crippen molar-refractivity contribution >= 4 is 11.6 Å². The van der Waals surface area contributed by atoms with E-state index in [1.165, 1.54) is 12.5 Å². The third-order valence-electron chi connectivity index (χ3n) is 4.26. The molecule has 2 N–H and O–H groups in total. The molecule has 1 amide bonds. The molecule has 0 aromatic heterocycles. The zero-order chi connectivity index (χ0) is 16.8. The number of phenols is 1. The maximum atomic E-state index is 12.4. The molecule has 0 bridgehead atoms. The van der Waals surface area contributed by atoms with Gasteiger partial charge in [0.15, 0.2) is 0 Å². The number of benzene rings is 1. The lowest BCUT2D eigenvalue weighted by Gasteiger charge is -2.34. The molecule has 23 heavy (non-hydrogen) atoms. The summed E-state index contributed by atoms with van der Waals surface area (Å²) in [6.45, 7) is 4.81. The quantitative estimate of drug-likeness (QED) is 0.508. The molecule has 0 radical (unpaired) electrons. The summed E-state index contributed by atoms with van der Waals surface area (Å²) in [5, 5.41) is 21.5. The van der Waals surface area contributed by atoms with Gasteiger partial charge in [-0.1, -0.05) is 6.92 Å². The number of amides is 1. The zero-order valence-corrected chi connectivity index (χ0v) is 13.7. The number of nitrogens with zero attached hydrogens (tertiary/aromatic N) is 2. The van der Waals surface area contributed by atoms with E-state index < -0.39 is 5.91 Å². The summed E-state index contributed by atoms with van der Waals surface area (Å²) in [6, 6.07) is 7.12. The lowest BCUT2D eigenvalue weighted by atomic mass is 10.0. The van der Waals surface area contributed by atoms with Crippen LogP contribution in [-0.4, -0.2) is 28.5 Å². The molecule has 1 fully saturated rings. The van der Waals surface area contributed by atoms with Crippen LogP contribution >= 0.6 is 0 Å². The SMILES string of the molecule is CCC1CCCCN1/C=C(/C#N)C(=O)Nc1ccc(O)cc1C. The Hall–Kier alpha value is -2.48. The van der Waals surface area contributed by atoms with Crippen molar-refractivity contribution in [1.82, 2.24) is 4.90 Å². The summed E-state index contributed by atoms with van der Waals surface area (Å²) < 4.78 is 0. The van der Waals surface area contributed by atoms with Crippen LogP contribution in [0.2, 0.25) is 0 Å². The molecule has 0 spiro atoms. The van der Waals surface area contributed by atoms with Crippen LogP contribution in [-0.2, 0) is 4.79 Å². The van der Waals surface area contributed by atoms with Gasteiger partial charge in [0.2, 0.25) is 0 Å². The summed E-state index contributed by atoms with van der Waals surface area (Å²) in [6.07, 6.45) is 6.09. The van der Waals surface area contributed by atoms with Gasteiger partial charge in [-0.15, -0.1) is 0 Å². The highest BCUT2D eigenvalue weighted by Gasteiger charge is 2.20. The second-order valence-corrected chi connectivity index (χ2v) is 5.90. The van der Waals surface area contributed by atoms with Gasteiger partial charge in [-0.3, -0.25) is 4.79 Å². The number of carbonyl (C=O) groups excluding carboxylic acids is 1. The minimum absolute atomic E-state index is 0.109. The molecule has 1 aliphatic heterocycles. The second-order valence-electron chi connectivity index (χ2n) is 5.90. The van der Waals surface area contributed by atoms with Gasteiger partial charge in [0.25, 0.3) is 5.91 Å². The lowest BCUT2D eigenvalue weighted by Crippen LogP contribution is -2.35. The molecule has 1 saturated heterocycles. The van der Waals surface area contributed by atoms with Crippen molar-refractivity contribution in [3.8, 4) is 11.8 Å². The third-order valence-corrected chi connectivity index (χ3v) is 4.26. The van der Waals surface area contributed by atoms with E-state index in [2.05, 4.69) is 17.1 Å². The molecule has 1 aromatic carbocycles. The Labute approximate surface area is 137 Å². The molecule has 1 atom stereocenters. The number of carbonyl (C=O) groups is 1. The number of aromatic hydroxyl groups is 1. The minimum atomic E-state index is -0.415. The standard InChI is InChI=1S/C18H23N3O2/c1-3-15-6-4-5-9-21(15)12-14(11-19)18(23)20-17-8-7-16(22)10-13(17)2/h7-8,10,12,15,22H,3-6,9H2,1-2H3,(H,20,23)/b14-12-. The van der Waals surface area contributed by atoms with Crippen molar-refractivity contribution in [2.24, 2.45) is 0 Å². The van der Waals surface area contributed by atoms with Crippen molar-refractivity contribution in [2.45, 2.75) is 45.6 Å². The molecule has 5 heteroatoms. The van der Waals surface area contributed by atoms with E-state index in [1.807, 2.05) is 6.07 Å². The number of nitrogens with one attached hydrogen (secondary N) is 1. The number of piperidine rings is 1. The predicted molar refractivity (Wildman–Crippen MR) is 89.8 cm³/mol. The Morgan fingerprint density at radius 2 is 2.30 bits per heavy atom. The summed E-state index contributed by atoms with van der Waals surface area (Å²) >= 11 is 0. The van der Waals surface area contributed by atoms with Crippen molar-refractivity contribution in [1.29, 1.82) is 5.26 Å². The van der Waals surface area contributed by atoms with Gasteiger partial charge in [-0.25, -0.2) is 0 Å². The number of hydrogen-bond donors (Lipinski definition) is 2. The van der Waals surface area contributed by atoms with E-state index in [4.69, 9.17) is 0 Å². The highest BCUT2D eigenvalue weighted by atomic mass is 16.3. The van der Waals surface area contributed by atoms with Gasteiger partial charge < -0.3 is 15.3 Å². The van der Waals surface area contributed by atoms with Crippen LogP contribution in [0.5, 0.6) is 5.75 Å². The van der Waals surface area contributed by atoms with Crippen LogP contribution in [0.1, 0.15) is 38.2 Å². The van der Waals surface area contributed by atoms with E-state index in [1.54, 1.807) is 25.3 Å². The lowest BCUT2D eigenvalue weighted by molar-refractivity contribution is -0.112. The number of phenolic OH excluding ortho intramolecular Hbond substituents is 1. The van der Waals surface area contributed by atoms with Gasteiger partial charge in [-0.05, 0) is 56.4 Å². The smallest absolute Gasteiger partial charge is 0.267 e. The van der Waals surface area contributed by atoms with Crippen LogP contribution in [0.3, 0.4) is 0 Å². The van der Waals surface area contributed by atoms with Crippen LogP contribution in [0.4, 0.5) is 5.69 Å². The van der Waals surface area contributed by atoms with E-state index >= 15 is 0 Å². The third kappa shape index (κ3) is 4.26. The Morgan fingerprint density at radius 1 is 1.52 bits per heavy atom. The first-order valence-electron chi connectivity index (χ1n) is 8.03. The van der Waals surface area contributed by atoms with Crippen LogP contribution in [0.25, 0.3) is 0 Å². The minimum Gasteiger partial charge on any atom is -0.508 e. The number of nitriles is 1. The molecule has 5 nitrogen and oxygen atoms in total. The highest BCUT2D eigenvalue weighted by Crippen LogP contribution is 2.22. The largest absolute Gasteiger partial charge is 0.508 e. The van der Waals surface area contributed by atoms with E-state index in [-0.39, 0.29) is 11.3 Å². The van der Waals surface area contributed by atoms with Gasteiger partial charge in [0.05, 0.1) is 0 Å². The molecule has 0 saturated carbocycles. The molecular formula is C18H23N3O2. The molecule has 1 aromatic rings. The average molecular weight is 313 g/mol. The molecule has 122 valence electrons. The molecule has 2 rings (SSSR count). The first-order valence-corrected chi connectivity index (χ1v) is 8.03. The first kappa shape index (κ1) is 16.9. The number of hydrogen-bond acceptors (Lipinski definition) is 4. The predicted octanol–water partition coefficient (Wildman–Crippen LogP) is 3.31. The van der Waals surface area contributed by atoms with Gasteiger partial charge in [-0.2, -0.15) is 5.26 Å². The topological polar surface area (TPSA) is 76.4 Å². The van der Waals surface area contributed by atoms with Crippen molar-refractivity contribution in [2.75, 3.05) is 11.9 Å². The summed E-state index contributed by atoms with van der Waals surface area (Å²) in [5.74, 6) is -0.266. The first-order chi connectivity index (χ1) is 11.0. The Balaban J connectivity index is 2.14. The number of likely N-dealkylation sites (tertiary alicyclic amines) is 1. The number of anilines is 1. The Bertz CT molecular complexity index is 646. The van der Waals surface area contributed by atoms with Gasteiger partial charge >= 0.3 is 0 Å². The summed E-state index contributed by atoms with van der Waals surface area (Å²) in [5.41, 5.74) is 1.46. The summed E-state index contributed by atoms with van der Waals surface area (Å²) in [7, 11) is 0. The molecule has 1 heterocycles. The molecule has 0 aliphatic carbocycles.